The van der Waals surface area contributed by atoms with E-state index in [1.165, 1.54) is 18.2 Å². The van der Waals surface area contributed by atoms with E-state index in [1.54, 1.807) is 0 Å². The smallest absolute Gasteiger partial charge is 0.129 e. The van der Waals surface area contributed by atoms with Gasteiger partial charge in [-0.05, 0) is 37.1 Å². The monoisotopic (exact) mass is 388 g/mol. The first-order valence-corrected chi connectivity index (χ1v) is 7.53. The summed E-state index contributed by atoms with van der Waals surface area (Å²) < 4.78 is 28.2. The average Bonchev–Trinajstić information content (AvgIpc) is 2.37. The lowest BCUT2D eigenvalue weighted by molar-refractivity contribution is 0.554. The molecule has 19 heavy (non-hydrogen) atoms. The van der Waals surface area contributed by atoms with Gasteiger partial charge in [0, 0.05) is 14.9 Å². The number of hydrogen-bond donors (Lipinski definition) is 0. The third-order valence-corrected chi connectivity index (χ3v) is 4.47. The molecule has 0 radical (unpaired) electrons. The number of hydrogen-bond acceptors (Lipinski definition) is 0. The molecule has 2 rings (SSSR count). The van der Waals surface area contributed by atoms with Crippen molar-refractivity contribution >= 4 is 31.9 Å². The van der Waals surface area contributed by atoms with Crippen LogP contribution in [0, 0.1) is 18.6 Å². The lowest BCUT2D eigenvalue weighted by Gasteiger charge is -2.14. The first-order chi connectivity index (χ1) is 8.99. The second kappa shape index (κ2) is 6.14. The van der Waals surface area contributed by atoms with Crippen LogP contribution >= 0.6 is 31.9 Å². The minimum Gasteiger partial charge on any atom is -0.207 e. The molecule has 0 bridgehead atoms. The molecule has 1 atom stereocenters. The fourth-order valence-electron chi connectivity index (χ4n) is 1.92. The zero-order valence-corrected chi connectivity index (χ0v) is 13.4. The molecule has 1 unspecified atom stereocenters. The zero-order valence-electron chi connectivity index (χ0n) is 10.3. The van der Waals surface area contributed by atoms with Gasteiger partial charge in [-0.2, -0.15) is 0 Å². The number of halogens is 4. The molecule has 0 heterocycles. The van der Waals surface area contributed by atoms with Gasteiger partial charge in [0.05, 0.1) is 0 Å². The van der Waals surface area contributed by atoms with E-state index in [2.05, 4.69) is 31.9 Å². The quantitative estimate of drug-likeness (QED) is 0.589. The lowest BCUT2D eigenvalue weighted by atomic mass is 10.0. The van der Waals surface area contributed by atoms with Crippen molar-refractivity contribution in [2.24, 2.45) is 0 Å². The summed E-state index contributed by atoms with van der Waals surface area (Å²) >= 11 is 6.98. The molecule has 0 aliphatic heterocycles. The third-order valence-electron chi connectivity index (χ3n) is 2.93. The fraction of sp³-hybridized carbons (Fsp3) is 0.200. The van der Waals surface area contributed by atoms with Crippen LogP contribution in [-0.4, -0.2) is 0 Å². The Morgan fingerprint density at radius 3 is 2.37 bits per heavy atom. The molecular formula is C15H12Br2F2. The Bertz CT molecular complexity index is 576. The summed E-state index contributed by atoms with van der Waals surface area (Å²) in [4.78, 5) is -0.145. The maximum absolute atomic E-state index is 13.6. The van der Waals surface area contributed by atoms with Crippen LogP contribution in [0.15, 0.2) is 40.9 Å². The Labute approximate surface area is 128 Å². The van der Waals surface area contributed by atoms with Crippen LogP contribution < -0.4 is 0 Å². The topological polar surface area (TPSA) is 0 Å². The molecule has 0 aromatic heterocycles. The molecule has 2 aromatic rings. The van der Waals surface area contributed by atoms with Crippen molar-refractivity contribution in [1.29, 1.82) is 0 Å². The Balaban J connectivity index is 2.31. The predicted octanol–water partition coefficient (Wildman–Crippen LogP) is 5.71. The van der Waals surface area contributed by atoms with Crippen molar-refractivity contribution in [3.05, 3.63) is 69.2 Å². The van der Waals surface area contributed by atoms with E-state index in [1.807, 2.05) is 25.1 Å². The Morgan fingerprint density at radius 2 is 1.74 bits per heavy atom. The summed E-state index contributed by atoms with van der Waals surface area (Å²) in [6.45, 7) is 1.99. The molecular weight excluding hydrogens is 378 g/mol. The highest BCUT2D eigenvalue weighted by atomic mass is 79.9. The maximum Gasteiger partial charge on any atom is 0.129 e. The fourth-order valence-corrected chi connectivity index (χ4v) is 3.45. The van der Waals surface area contributed by atoms with Gasteiger partial charge in [0.25, 0.3) is 0 Å². The van der Waals surface area contributed by atoms with Crippen molar-refractivity contribution in [2.75, 3.05) is 0 Å². The second-order valence-electron chi connectivity index (χ2n) is 4.40. The molecule has 0 saturated carbocycles. The number of benzene rings is 2. The number of alkyl halides is 1. The van der Waals surface area contributed by atoms with Crippen LogP contribution in [0.5, 0.6) is 0 Å². The summed E-state index contributed by atoms with van der Waals surface area (Å²) in [5.74, 6) is -1.01. The summed E-state index contributed by atoms with van der Waals surface area (Å²) in [6, 6.07) is 9.86. The summed E-state index contributed by atoms with van der Waals surface area (Å²) in [7, 11) is 0. The number of rotatable bonds is 3. The maximum atomic E-state index is 13.6. The van der Waals surface area contributed by atoms with Crippen molar-refractivity contribution in [3.63, 3.8) is 0 Å². The van der Waals surface area contributed by atoms with Gasteiger partial charge in [-0.15, -0.1) is 0 Å². The van der Waals surface area contributed by atoms with E-state index in [0.29, 0.717) is 0 Å². The molecule has 0 saturated heterocycles. The van der Waals surface area contributed by atoms with Gasteiger partial charge in [0.15, 0.2) is 0 Å². The van der Waals surface area contributed by atoms with E-state index in [9.17, 15) is 8.78 Å². The van der Waals surface area contributed by atoms with E-state index in [0.717, 1.165) is 15.6 Å². The highest BCUT2D eigenvalue weighted by Crippen LogP contribution is 2.34. The van der Waals surface area contributed by atoms with Crippen LogP contribution in [0.25, 0.3) is 0 Å². The Morgan fingerprint density at radius 1 is 1.11 bits per heavy atom. The van der Waals surface area contributed by atoms with E-state index in [-0.39, 0.29) is 16.8 Å². The molecule has 0 spiro atoms. The number of aryl methyl sites for hydroxylation is 1. The van der Waals surface area contributed by atoms with Crippen molar-refractivity contribution in [3.8, 4) is 0 Å². The van der Waals surface area contributed by atoms with E-state index < -0.39 is 11.6 Å². The minimum atomic E-state index is -0.506. The van der Waals surface area contributed by atoms with Gasteiger partial charge in [-0.25, -0.2) is 8.78 Å². The normalized spacial score (nSPS) is 12.5. The van der Waals surface area contributed by atoms with Crippen molar-refractivity contribution in [1.82, 2.24) is 0 Å². The van der Waals surface area contributed by atoms with Crippen molar-refractivity contribution < 1.29 is 8.78 Å². The predicted molar refractivity (Wildman–Crippen MR) is 80.6 cm³/mol. The minimum absolute atomic E-state index is 0.109. The molecule has 0 nitrogen and oxygen atoms in total. The largest absolute Gasteiger partial charge is 0.207 e. The molecule has 4 heteroatoms. The highest BCUT2D eigenvalue weighted by Gasteiger charge is 2.17. The second-order valence-corrected chi connectivity index (χ2v) is 6.36. The average molecular weight is 390 g/mol. The van der Waals surface area contributed by atoms with Crippen LogP contribution in [0.3, 0.4) is 0 Å². The Hall–Kier alpha value is -0.740. The molecule has 0 aliphatic carbocycles. The summed E-state index contributed by atoms with van der Waals surface area (Å²) in [5.41, 5.74) is 2.21. The first-order valence-electron chi connectivity index (χ1n) is 5.82. The highest BCUT2D eigenvalue weighted by molar-refractivity contribution is 9.11. The van der Waals surface area contributed by atoms with Gasteiger partial charge in [0.1, 0.15) is 11.6 Å². The van der Waals surface area contributed by atoms with Gasteiger partial charge in [-0.3, -0.25) is 0 Å². The van der Waals surface area contributed by atoms with Crippen LogP contribution in [0.4, 0.5) is 8.78 Å². The molecule has 0 amide bonds. The van der Waals surface area contributed by atoms with Gasteiger partial charge < -0.3 is 0 Å². The van der Waals surface area contributed by atoms with E-state index >= 15 is 0 Å². The standard InChI is InChI=1S/C15H12Br2F2/c1-9-5-6-12(16)10(7-9)13(17)8-11-14(18)3-2-4-15(11)19/h2-7,13H,8H2,1H3. The third kappa shape index (κ3) is 3.42. The Kier molecular flexibility index (Phi) is 4.74. The molecule has 0 N–H and O–H groups in total. The molecule has 0 aliphatic rings. The van der Waals surface area contributed by atoms with Crippen LogP contribution in [-0.2, 0) is 6.42 Å². The van der Waals surface area contributed by atoms with Gasteiger partial charge >= 0.3 is 0 Å². The van der Waals surface area contributed by atoms with Gasteiger partial charge in [0.2, 0.25) is 0 Å². The van der Waals surface area contributed by atoms with E-state index in [4.69, 9.17) is 0 Å². The SMILES string of the molecule is Cc1ccc(Br)c(C(Br)Cc2c(F)cccc2F)c1. The molecule has 0 fully saturated rings. The van der Waals surface area contributed by atoms with Crippen LogP contribution in [0.2, 0.25) is 0 Å². The van der Waals surface area contributed by atoms with Crippen LogP contribution in [0.1, 0.15) is 21.5 Å². The summed E-state index contributed by atoms with van der Waals surface area (Å²) in [5, 5.41) is 0. The first kappa shape index (κ1) is 14.7. The summed E-state index contributed by atoms with van der Waals surface area (Å²) in [6.07, 6.45) is 0.264. The molecule has 100 valence electrons. The molecule has 2 aromatic carbocycles. The van der Waals surface area contributed by atoms with Crippen molar-refractivity contribution in [2.45, 2.75) is 18.2 Å². The zero-order chi connectivity index (χ0) is 14.0. The van der Waals surface area contributed by atoms with Gasteiger partial charge in [-0.1, -0.05) is 55.6 Å². The lowest BCUT2D eigenvalue weighted by Crippen LogP contribution is -2.02.